The maximum atomic E-state index is 12.2. The zero-order chi connectivity index (χ0) is 19.2. The first-order chi connectivity index (χ1) is 13.0. The van der Waals surface area contributed by atoms with Gasteiger partial charge < -0.3 is 20.7 Å². The van der Waals surface area contributed by atoms with Crippen LogP contribution < -0.4 is 10.6 Å². The molecule has 0 saturated heterocycles. The van der Waals surface area contributed by atoms with Crippen molar-refractivity contribution in [2.75, 3.05) is 11.9 Å². The molecule has 1 aromatic heterocycles. The molecule has 0 saturated carbocycles. The Labute approximate surface area is 157 Å². The number of rotatable bonds is 8. The van der Waals surface area contributed by atoms with Gasteiger partial charge in [0.05, 0.1) is 6.42 Å². The van der Waals surface area contributed by atoms with Crippen molar-refractivity contribution >= 4 is 28.5 Å². The van der Waals surface area contributed by atoms with E-state index < -0.39 is 12.0 Å². The number of para-hydroxylation sites is 1. The Morgan fingerprint density at radius 3 is 2.59 bits per heavy atom. The number of amides is 1. The highest BCUT2D eigenvalue weighted by Gasteiger charge is 2.20. The fourth-order valence-electron chi connectivity index (χ4n) is 3.00. The van der Waals surface area contributed by atoms with Crippen LogP contribution in [0.1, 0.15) is 17.5 Å². The van der Waals surface area contributed by atoms with E-state index >= 15 is 0 Å². The van der Waals surface area contributed by atoms with Gasteiger partial charge >= 0.3 is 5.97 Å². The second kappa shape index (κ2) is 8.51. The number of hydrogen-bond acceptors (Lipinski definition) is 3. The summed E-state index contributed by atoms with van der Waals surface area (Å²) in [4.78, 5) is 26.9. The van der Waals surface area contributed by atoms with Gasteiger partial charge in [-0.05, 0) is 37.1 Å². The van der Waals surface area contributed by atoms with Gasteiger partial charge in [0.2, 0.25) is 5.91 Å². The molecule has 1 atom stereocenters. The number of carboxylic acid groups (broad SMARTS) is 1. The molecular formula is C21H23N3O3. The van der Waals surface area contributed by atoms with Gasteiger partial charge in [0.1, 0.15) is 6.04 Å². The van der Waals surface area contributed by atoms with Crippen LogP contribution in [0.4, 0.5) is 5.69 Å². The number of H-pyrrole nitrogens is 1. The Morgan fingerprint density at radius 2 is 1.85 bits per heavy atom. The van der Waals surface area contributed by atoms with E-state index in [1.54, 1.807) is 12.1 Å². The van der Waals surface area contributed by atoms with Crippen molar-refractivity contribution in [2.45, 2.75) is 25.8 Å². The molecule has 6 heteroatoms. The Hall–Kier alpha value is -3.12. The monoisotopic (exact) mass is 365 g/mol. The summed E-state index contributed by atoms with van der Waals surface area (Å²) >= 11 is 0. The van der Waals surface area contributed by atoms with Crippen LogP contribution in [0.15, 0.2) is 54.7 Å². The number of benzene rings is 2. The van der Waals surface area contributed by atoms with Crippen molar-refractivity contribution in [2.24, 2.45) is 0 Å². The second-order valence-electron chi connectivity index (χ2n) is 6.57. The van der Waals surface area contributed by atoms with Gasteiger partial charge in [0, 0.05) is 29.3 Å². The summed E-state index contributed by atoms with van der Waals surface area (Å²) in [7, 11) is 0. The van der Waals surface area contributed by atoms with Crippen LogP contribution in [0.2, 0.25) is 0 Å². The molecule has 1 heterocycles. The summed E-state index contributed by atoms with van der Waals surface area (Å²) < 4.78 is 0. The van der Waals surface area contributed by atoms with Gasteiger partial charge in [-0.25, -0.2) is 0 Å². The number of carboxylic acids is 1. The van der Waals surface area contributed by atoms with Crippen LogP contribution in [0, 0.1) is 6.92 Å². The minimum Gasteiger partial charge on any atom is -0.480 e. The first-order valence-electron chi connectivity index (χ1n) is 8.90. The minimum absolute atomic E-state index is 0.128. The van der Waals surface area contributed by atoms with E-state index in [9.17, 15) is 14.7 Å². The molecule has 0 bridgehead atoms. The first kappa shape index (κ1) is 18.7. The van der Waals surface area contributed by atoms with E-state index in [-0.39, 0.29) is 12.3 Å². The molecule has 6 nitrogen and oxygen atoms in total. The third-order valence-electron chi connectivity index (χ3n) is 4.48. The van der Waals surface area contributed by atoms with Crippen LogP contribution >= 0.6 is 0 Å². The van der Waals surface area contributed by atoms with Crippen LogP contribution in [-0.4, -0.2) is 34.6 Å². The van der Waals surface area contributed by atoms with Gasteiger partial charge in [-0.1, -0.05) is 35.9 Å². The van der Waals surface area contributed by atoms with Gasteiger partial charge in [-0.3, -0.25) is 9.59 Å². The number of hydrogen-bond donors (Lipinski definition) is 4. The Bertz CT molecular complexity index is 931. The molecule has 0 aliphatic carbocycles. The zero-order valence-electron chi connectivity index (χ0n) is 15.2. The smallest absolute Gasteiger partial charge is 0.321 e. The maximum absolute atomic E-state index is 12.2. The third kappa shape index (κ3) is 4.95. The third-order valence-corrected chi connectivity index (χ3v) is 4.48. The summed E-state index contributed by atoms with van der Waals surface area (Å²) in [6.07, 6.45) is 2.48. The van der Waals surface area contributed by atoms with Crippen molar-refractivity contribution < 1.29 is 14.7 Å². The predicted octanol–water partition coefficient (Wildman–Crippen LogP) is 3.09. The van der Waals surface area contributed by atoms with E-state index in [0.717, 1.165) is 22.0 Å². The molecule has 3 rings (SSSR count). The Balaban J connectivity index is 1.53. The number of nitrogens with one attached hydrogen (secondary N) is 3. The van der Waals surface area contributed by atoms with Crippen molar-refractivity contribution in [1.29, 1.82) is 0 Å². The Morgan fingerprint density at radius 1 is 1.11 bits per heavy atom. The number of aryl methyl sites for hydroxylation is 1. The molecule has 0 spiro atoms. The quantitative estimate of drug-likeness (QED) is 0.493. The molecule has 1 unspecified atom stereocenters. The number of aliphatic carboxylic acids is 1. The highest BCUT2D eigenvalue weighted by molar-refractivity contribution is 5.94. The SMILES string of the molecule is Cc1ccc(NC(=O)CC(NCCc2c[nH]c3ccccc23)C(=O)O)cc1. The molecule has 1 amide bonds. The molecular weight excluding hydrogens is 342 g/mol. The number of aromatic nitrogens is 1. The fourth-order valence-corrected chi connectivity index (χ4v) is 3.00. The predicted molar refractivity (Wildman–Crippen MR) is 106 cm³/mol. The van der Waals surface area contributed by atoms with Gasteiger partial charge in [0.25, 0.3) is 0 Å². The van der Waals surface area contributed by atoms with Crippen molar-refractivity contribution in [3.63, 3.8) is 0 Å². The molecule has 4 N–H and O–H groups in total. The second-order valence-corrected chi connectivity index (χ2v) is 6.57. The fraction of sp³-hybridized carbons (Fsp3) is 0.238. The average molecular weight is 365 g/mol. The lowest BCUT2D eigenvalue weighted by Crippen LogP contribution is -2.40. The Kier molecular flexibility index (Phi) is 5.88. The van der Waals surface area contributed by atoms with Crippen LogP contribution in [0.3, 0.4) is 0 Å². The minimum atomic E-state index is -1.03. The van der Waals surface area contributed by atoms with Crippen molar-refractivity contribution in [3.05, 3.63) is 65.9 Å². The molecule has 27 heavy (non-hydrogen) atoms. The van der Waals surface area contributed by atoms with E-state index in [1.807, 2.05) is 49.5 Å². The van der Waals surface area contributed by atoms with E-state index in [2.05, 4.69) is 15.6 Å². The lowest BCUT2D eigenvalue weighted by molar-refractivity contribution is -0.141. The van der Waals surface area contributed by atoms with Crippen LogP contribution in [0.5, 0.6) is 0 Å². The number of aromatic amines is 1. The lowest BCUT2D eigenvalue weighted by atomic mass is 10.1. The van der Waals surface area contributed by atoms with Gasteiger partial charge in [-0.2, -0.15) is 0 Å². The normalized spacial score (nSPS) is 12.0. The summed E-state index contributed by atoms with van der Waals surface area (Å²) in [5.41, 5.74) is 3.93. The van der Waals surface area contributed by atoms with E-state index in [1.165, 1.54) is 0 Å². The van der Waals surface area contributed by atoms with E-state index in [0.29, 0.717) is 18.7 Å². The first-order valence-corrected chi connectivity index (χ1v) is 8.90. The number of anilines is 1. The summed E-state index contributed by atoms with van der Waals surface area (Å²) in [6.45, 7) is 2.43. The van der Waals surface area contributed by atoms with E-state index in [4.69, 9.17) is 0 Å². The van der Waals surface area contributed by atoms with Gasteiger partial charge in [-0.15, -0.1) is 0 Å². The number of fused-ring (bicyclic) bond motifs is 1. The molecule has 2 aromatic carbocycles. The highest BCUT2D eigenvalue weighted by atomic mass is 16.4. The topological polar surface area (TPSA) is 94.2 Å². The average Bonchev–Trinajstić information content (AvgIpc) is 3.06. The molecule has 0 aliphatic rings. The molecule has 140 valence electrons. The number of carbonyl (C=O) groups is 2. The highest BCUT2D eigenvalue weighted by Crippen LogP contribution is 2.17. The molecule has 0 aliphatic heterocycles. The lowest BCUT2D eigenvalue weighted by Gasteiger charge is -2.14. The van der Waals surface area contributed by atoms with Crippen molar-refractivity contribution in [1.82, 2.24) is 10.3 Å². The molecule has 3 aromatic rings. The summed E-state index contributed by atoms with van der Waals surface area (Å²) in [5.74, 6) is -1.36. The largest absolute Gasteiger partial charge is 0.480 e. The van der Waals surface area contributed by atoms with Crippen LogP contribution in [0.25, 0.3) is 10.9 Å². The standard InChI is InChI=1S/C21H23N3O3/c1-14-6-8-16(9-7-14)24-20(25)12-19(21(26)27)22-11-10-15-13-23-18-5-3-2-4-17(15)18/h2-9,13,19,22-23H,10-12H2,1H3,(H,24,25)(H,26,27). The molecule has 0 radical (unpaired) electrons. The maximum Gasteiger partial charge on any atom is 0.321 e. The number of carbonyl (C=O) groups excluding carboxylic acids is 1. The van der Waals surface area contributed by atoms with Gasteiger partial charge in [0.15, 0.2) is 0 Å². The summed E-state index contributed by atoms with van der Waals surface area (Å²) in [6, 6.07) is 14.4. The molecule has 0 fully saturated rings. The summed E-state index contributed by atoms with van der Waals surface area (Å²) in [5, 5.41) is 16.2. The van der Waals surface area contributed by atoms with Crippen molar-refractivity contribution in [3.8, 4) is 0 Å². The zero-order valence-corrected chi connectivity index (χ0v) is 15.2. The van der Waals surface area contributed by atoms with Crippen LogP contribution in [-0.2, 0) is 16.0 Å².